The number of hydrogen-bond acceptors (Lipinski definition) is 2. The van der Waals surface area contributed by atoms with Crippen molar-refractivity contribution < 1.29 is 17.6 Å². The van der Waals surface area contributed by atoms with Crippen LogP contribution in [0.4, 0.5) is 28.9 Å². The molecule has 0 aromatic heterocycles. The quantitative estimate of drug-likeness (QED) is 0.169. The number of nitrogens with zero attached hydrogens (tertiary/aromatic N) is 2. The predicted molar refractivity (Wildman–Crippen MR) is 211 cm³/mol. The minimum Gasteiger partial charge on any atom is -0.358 e. The van der Waals surface area contributed by atoms with E-state index in [0.29, 0.717) is 12.8 Å². The third-order valence-electron chi connectivity index (χ3n) is 12.1. The number of para-hydroxylation sites is 2. The van der Waals surface area contributed by atoms with Crippen molar-refractivity contribution in [2.45, 2.75) is 170 Å². The fraction of sp³-hybridized carbons (Fsp3) is 0.609. The summed E-state index contributed by atoms with van der Waals surface area (Å²) < 4.78 is 69.5. The van der Waals surface area contributed by atoms with Gasteiger partial charge in [0.2, 0.25) is 0 Å². The van der Waals surface area contributed by atoms with E-state index in [1.807, 2.05) is 39.8 Å². The van der Waals surface area contributed by atoms with Gasteiger partial charge >= 0.3 is 0 Å². The average Bonchev–Trinajstić information content (AvgIpc) is 3.32. The van der Waals surface area contributed by atoms with E-state index in [1.165, 1.54) is 0 Å². The monoisotopic (exact) mass is 721 g/mol. The van der Waals surface area contributed by atoms with Crippen molar-refractivity contribution in [1.82, 2.24) is 0 Å². The molecule has 0 radical (unpaired) electrons. The SMILES string of the molecule is CC(C)c1cccc(C(C)C)c1N1C(c2c(F)c(F)c(C3N(c4c(C(C)C)cccc4C(C)C)C(C)(C)CC3(C)C)c(F)c2F)C(C)(C)CC1(C)C. The molecule has 0 spiro atoms. The topological polar surface area (TPSA) is 6.48 Å². The van der Waals surface area contributed by atoms with Gasteiger partial charge in [0.05, 0.1) is 23.2 Å². The molecule has 2 unspecified atom stereocenters. The molecule has 2 nitrogen and oxygen atoms in total. The van der Waals surface area contributed by atoms with Gasteiger partial charge in [-0.15, -0.1) is 0 Å². The Morgan fingerprint density at radius 3 is 0.904 bits per heavy atom. The number of benzene rings is 3. The van der Waals surface area contributed by atoms with E-state index in [4.69, 9.17) is 0 Å². The first-order chi connectivity index (χ1) is 23.8. The minimum absolute atomic E-state index is 0.114. The van der Waals surface area contributed by atoms with E-state index < -0.39 is 68.4 Å². The van der Waals surface area contributed by atoms with E-state index in [9.17, 15) is 0 Å². The van der Waals surface area contributed by atoms with Crippen molar-refractivity contribution in [1.29, 1.82) is 0 Å². The molecule has 2 atom stereocenters. The lowest BCUT2D eigenvalue weighted by Gasteiger charge is -2.44. The maximum atomic E-state index is 17.4. The van der Waals surface area contributed by atoms with Crippen LogP contribution >= 0.6 is 0 Å². The Bertz CT molecular complexity index is 1620. The highest BCUT2D eigenvalue weighted by Gasteiger charge is 2.58. The summed E-state index contributed by atoms with van der Waals surface area (Å²) in [6.45, 7) is 33.1. The molecule has 0 aliphatic carbocycles. The first-order valence-corrected chi connectivity index (χ1v) is 19.5. The highest BCUT2D eigenvalue weighted by atomic mass is 19.2. The van der Waals surface area contributed by atoms with Crippen LogP contribution in [0.1, 0.15) is 193 Å². The highest BCUT2D eigenvalue weighted by molar-refractivity contribution is 5.68. The Morgan fingerprint density at radius 2 is 0.692 bits per heavy atom. The van der Waals surface area contributed by atoms with Crippen LogP contribution in [-0.4, -0.2) is 11.1 Å². The number of hydrogen-bond donors (Lipinski definition) is 0. The molecule has 0 N–H and O–H groups in total. The molecule has 52 heavy (non-hydrogen) atoms. The molecule has 286 valence electrons. The third-order valence-corrected chi connectivity index (χ3v) is 12.1. The molecular formula is C46H64F4N2. The van der Waals surface area contributed by atoms with Gasteiger partial charge in [0.25, 0.3) is 0 Å². The first kappa shape index (κ1) is 40.2. The van der Waals surface area contributed by atoms with Gasteiger partial charge in [0.1, 0.15) is 0 Å². The first-order valence-electron chi connectivity index (χ1n) is 19.5. The van der Waals surface area contributed by atoms with Crippen molar-refractivity contribution in [3.8, 4) is 0 Å². The zero-order valence-corrected chi connectivity index (χ0v) is 34.7. The van der Waals surface area contributed by atoms with Gasteiger partial charge in [-0.05, 0) is 97.3 Å². The van der Waals surface area contributed by atoms with Gasteiger partial charge in [-0.1, -0.05) is 119 Å². The highest BCUT2D eigenvalue weighted by Crippen LogP contribution is 2.62. The maximum Gasteiger partial charge on any atom is 0.167 e. The minimum atomic E-state index is -1.29. The Balaban J connectivity index is 1.84. The standard InChI is InChI=1S/C46H64F4N2/c1-25(2)29-19-17-20-30(26(3)4)39(29)51-41(43(9,10)23-45(51,13)14)33-35(47)37(49)34(38(50)36(33)48)42-44(11,12)24-46(15,16)52(42)40-31(27(5)6)21-18-22-32(40)28(7)8/h17-22,25-28,41-42H,23-24H2,1-16H3. The molecule has 2 heterocycles. The molecule has 6 heteroatoms. The Morgan fingerprint density at radius 1 is 0.462 bits per heavy atom. The number of rotatable bonds is 8. The van der Waals surface area contributed by atoms with E-state index >= 15 is 17.6 Å². The van der Waals surface area contributed by atoms with Crippen molar-refractivity contribution in [3.05, 3.63) is 93.0 Å². The third kappa shape index (κ3) is 6.36. The van der Waals surface area contributed by atoms with Gasteiger partial charge in [0.15, 0.2) is 23.3 Å². The van der Waals surface area contributed by atoms with Gasteiger partial charge in [-0.3, -0.25) is 0 Å². The average molecular weight is 721 g/mol. The fourth-order valence-electron chi connectivity index (χ4n) is 10.6. The molecule has 5 rings (SSSR count). The molecule has 2 fully saturated rings. The normalized spacial score (nSPS) is 22.2. The Hall–Kier alpha value is -3.02. The van der Waals surface area contributed by atoms with Crippen molar-refractivity contribution >= 4 is 11.4 Å². The van der Waals surface area contributed by atoms with Crippen LogP contribution in [0.15, 0.2) is 36.4 Å². The largest absolute Gasteiger partial charge is 0.358 e. The summed E-state index contributed by atoms with van der Waals surface area (Å²) in [4.78, 5) is 4.20. The smallest absolute Gasteiger partial charge is 0.167 e. The number of anilines is 2. The molecular weight excluding hydrogens is 657 g/mol. The molecule has 2 aliphatic heterocycles. The van der Waals surface area contributed by atoms with Crippen molar-refractivity contribution in [2.75, 3.05) is 9.80 Å². The molecule has 3 aromatic rings. The summed E-state index contributed by atoms with van der Waals surface area (Å²) in [5, 5.41) is 0. The fourth-order valence-corrected chi connectivity index (χ4v) is 10.6. The lowest BCUT2D eigenvalue weighted by atomic mass is 9.76. The van der Waals surface area contributed by atoms with E-state index in [0.717, 1.165) is 33.6 Å². The van der Waals surface area contributed by atoms with Crippen LogP contribution in [0, 0.1) is 34.1 Å². The molecule has 3 aromatic carbocycles. The number of halogens is 4. The molecule has 0 bridgehead atoms. The lowest BCUT2D eigenvalue weighted by Crippen LogP contribution is -2.43. The summed E-state index contributed by atoms with van der Waals surface area (Å²) >= 11 is 0. The second kappa shape index (κ2) is 13.4. The van der Waals surface area contributed by atoms with Gasteiger partial charge in [-0.25, -0.2) is 17.6 Å². The van der Waals surface area contributed by atoms with Crippen LogP contribution in [0.5, 0.6) is 0 Å². The molecule has 2 aliphatic rings. The molecule has 0 saturated carbocycles. The molecule has 0 amide bonds. The second-order valence-electron chi connectivity index (χ2n) is 19.8. The van der Waals surface area contributed by atoms with Crippen LogP contribution in [-0.2, 0) is 0 Å². The maximum absolute atomic E-state index is 17.4. The summed E-state index contributed by atoms with van der Waals surface area (Å²) in [5.74, 6) is -4.70. The summed E-state index contributed by atoms with van der Waals surface area (Å²) in [6.07, 6.45) is 1.14. The summed E-state index contributed by atoms with van der Waals surface area (Å²) in [5.41, 5.74) is 2.38. The van der Waals surface area contributed by atoms with Crippen LogP contribution in [0.25, 0.3) is 0 Å². The van der Waals surface area contributed by atoms with Crippen LogP contribution in [0.3, 0.4) is 0 Å². The van der Waals surface area contributed by atoms with Crippen molar-refractivity contribution in [3.63, 3.8) is 0 Å². The van der Waals surface area contributed by atoms with E-state index in [-0.39, 0.29) is 23.7 Å². The van der Waals surface area contributed by atoms with E-state index in [1.54, 1.807) is 0 Å². The van der Waals surface area contributed by atoms with Crippen molar-refractivity contribution in [2.24, 2.45) is 10.8 Å². The zero-order chi connectivity index (χ0) is 39.2. The zero-order valence-electron chi connectivity index (χ0n) is 34.7. The molecule has 2 saturated heterocycles. The lowest BCUT2D eigenvalue weighted by molar-refractivity contribution is 0.286. The van der Waals surface area contributed by atoms with E-state index in [2.05, 4.69) is 117 Å². The Labute approximate surface area is 312 Å². The Kier molecular flexibility index (Phi) is 10.3. The predicted octanol–water partition coefficient (Wildman–Crippen LogP) is 14.2. The van der Waals surface area contributed by atoms with Crippen LogP contribution < -0.4 is 9.80 Å². The summed E-state index contributed by atoms with van der Waals surface area (Å²) in [6, 6.07) is 10.4. The van der Waals surface area contributed by atoms with Gasteiger partial charge in [-0.2, -0.15) is 0 Å². The summed E-state index contributed by atoms with van der Waals surface area (Å²) in [7, 11) is 0. The van der Waals surface area contributed by atoms with Gasteiger partial charge in [0, 0.05) is 22.5 Å². The second-order valence-corrected chi connectivity index (χ2v) is 19.8. The van der Waals surface area contributed by atoms with Gasteiger partial charge < -0.3 is 9.80 Å². The van der Waals surface area contributed by atoms with Crippen LogP contribution in [0.2, 0.25) is 0 Å².